The molecule has 0 fully saturated rings. The van der Waals surface area contributed by atoms with E-state index in [0.717, 1.165) is 39.3 Å². The molecule has 0 aliphatic carbocycles. The van der Waals surface area contributed by atoms with Crippen LogP contribution in [-0.4, -0.2) is 26.4 Å². The van der Waals surface area contributed by atoms with Gasteiger partial charge in [-0.15, -0.1) is 0 Å². The largest absolute Gasteiger partial charge is 0.381 e. The lowest BCUT2D eigenvalue weighted by Crippen LogP contribution is -2.00. The summed E-state index contributed by atoms with van der Waals surface area (Å²) in [7, 11) is 0. The lowest BCUT2D eigenvalue weighted by atomic mass is 10.2. The minimum absolute atomic E-state index is 0.681. The van der Waals surface area contributed by atoms with Gasteiger partial charge in [-0.1, -0.05) is 27.7 Å². The van der Waals surface area contributed by atoms with Crippen molar-refractivity contribution in [2.45, 2.75) is 47.5 Å². The lowest BCUT2D eigenvalue weighted by molar-refractivity contribution is 0.122. The number of ether oxygens (including phenoxy) is 2. The zero-order valence-electron chi connectivity index (χ0n) is 10.6. The summed E-state index contributed by atoms with van der Waals surface area (Å²) in [4.78, 5) is 0. The van der Waals surface area contributed by atoms with E-state index in [-0.39, 0.29) is 0 Å². The van der Waals surface area contributed by atoms with Gasteiger partial charge in [0.15, 0.2) is 0 Å². The summed E-state index contributed by atoms with van der Waals surface area (Å²) in [6, 6.07) is 0. The monoisotopic (exact) mass is 204 g/mol. The fourth-order valence-electron chi connectivity index (χ4n) is 0.744. The minimum atomic E-state index is 0.681. The van der Waals surface area contributed by atoms with Gasteiger partial charge in [0.25, 0.3) is 0 Å². The van der Waals surface area contributed by atoms with E-state index in [0.29, 0.717) is 5.92 Å². The second-order valence-corrected chi connectivity index (χ2v) is 3.67. The molecule has 0 aromatic rings. The van der Waals surface area contributed by atoms with Crippen molar-refractivity contribution in [1.82, 2.24) is 0 Å². The Morgan fingerprint density at radius 1 is 0.857 bits per heavy atom. The molecule has 0 spiro atoms. The van der Waals surface area contributed by atoms with E-state index in [1.807, 2.05) is 6.92 Å². The highest BCUT2D eigenvalue weighted by molar-refractivity contribution is 4.36. The van der Waals surface area contributed by atoms with Crippen LogP contribution in [0.15, 0.2) is 0 Å². The van der Waals surface area contributed by atoms with Crippen molar-refractivity contribution in [2.75, 3.05) is 26.4 Å². The van der Waals surface area contributed by atoms with Gasteiger partial charge in [0, 0.05) is 26.4 Å². The molecule has 0 unspecified atom stereocenters. The lowest BCUT2D eigenvalue weighted by Gasteiger charge is -2.01. The molecule has 14 heavy (non-hydrogen) atoms. The maximum absolute atomic E-state index is 5.13. The Bertz CT molecular complexity index is 78.4. The van der Waals surface area contributed by atoms with Crippen LogP contribution in [0.25, 0.3) is 0 Å². The third-order valence-corrected chi connectivity index (χ3v) is 1.35. The molecule has 0 aliphatic heterocycles. The van der Waals surface area contributed by atoms with E-state index < -0.39 is 0 Å². The van der Waals surface area contributed by atoms with Gasteiger partial charge in [0.05, 0.1) is 0 Å². The van der Waals surface area contributed by atoms with Crippen LogP contribution in [0.3, 0.4) is 0 Å². The van der Waals surface area contributed by atoms with Gasteiger partial charge in [-0.3, -0.25) is 0 Å². The molecule has 0 rings (SSSR count). The third-order valence-electron chi connectivity index (χ3n) is 1.35. The van der Waals surface area contributed by atoms with Crippen LogP contribution in [0, 0.1) is 5.92 Å². The van der Waals surface area contributed by atoms with Crippen LogP contribution < -0.4 is 0 Å². The van der Waals surface area contributed by atoms with Crippen molar-refractivity contribution in [3.05, 3.63) is 0 Å². The quantitative estimate of drug-likeness (QED) is 0.591. The average Bonchev–Trinajstić information content (AvgIpc) is 2.16. The normalized spacial score (nSPS) is 9.86. The number of rotatable bonds is 7. The zero-order valence-corrected chi connectivity index (χ0v) is 10.6. The van der Waals surface area contributed by atoms with Crippen LogP contribution in [0.2, 0.25) is 0 Å². The maximum atomic E-state index is 5.13. The number of hydrogen-bond donors (Lipinski definition) is 0. The van der Waals surface area contributed by atoms with Crippen molar-refractivity contribution in [3.63, 3.8) is 0 Å². The van der Waals surface area contributed by atoms with Crippen molar-refractivity contribution >= 4 is 0 Å². The van der Waals surface area contributed by atoms with Crippen molar-refractivity contribution in [2.24, 2.45) is 5.92 Å². The first-order chi connectivity index (χ1) is 6.68. The summed E-state index contributed by atoms with van der Waals surface area (Å²) in [6.07, 6.45) is 2.28. The molecule has 2 nitrogen and oxygen atoms in total. The Labute approximate surface area is 90.0 Å². The molecule has 0 amide bonds. The highest BCUT2D eigenvalue weighted by atomic mass is 16.5. The SMILES string of the molecule is CCCOCCC.CCOCC(C)C. The van der Waals surface area contributed by atoms with Gasteiger partial charge in [-0.2, -0.15) is 0 Å². The first-order valence-electron chi connectivity index (χ1n) is 5.84. The van der Waals surface area contributed by atoms with E-state index in [2.05, 4.69) is 27.7 Å². The second-order valence-electron chi connectivity index (χ2n) is 3.67. The smallest absolute Gasteiger partial charge is 0.0488 e. The van der Waals surface area contributed by atoms with Crippen LogP contribution in [0.1, 0.15) is 47.5 Å². The van der Waals surface area contributed by atoms with Crippen molar-refractivity contribution < 1.29 is 9.47 Å². The summed E-state index contributed by atoms with van der Waals surface area (Å²) < 4.78 is 10.2. The van der Waals surface area contributed by atoms with Gasteiger partial charge < -0.3 is 9.47 Å². The summed E-state index contributed by atoms with van der Waals surface area (Å²) in [5.74, 6) is 0.681. The molecule has 88 valence electrons. The summed E-state index contributed by atoms with van der Waals surface area (Å²) in [5, 5.41) is 0. The Hall–Kier alpha value is -0.0800. The first kappa shape index (κ1) is 16.4. The van der Waals surface area contributed by atoms with Gasteiger partial charge in [0.2, 0.25) is 0 Å². The Morgan fingerprint density at radius 2 is 1.36 bits per heavy atom. The Balaban J connectivity index is 0. The molecule has 0 saturated carbocycles. The van der Waals surface area contributed by atoms with Gasteiger partial charge in [0.1, 0.15) is 0 Å². The van der Waals surface area contributed by atoms with E-state index >= 15 is 0 Å². The highest BCUT2D eigenvalue weighted by Crippen LogP contribution is 1.90. The van der Waals surface area contributed by atoms with Crippen molar-refractivity contribution in [3.8, 4) is 0 Å². The van der Waals surface area contributed by atoms with Crippen LogP contribution in [0.4, 0.5) is 0 Å². The summed E-state index contributed by atoms with van der Waals surface area (Å²) in [6.45, 7) is 14.1. The fraction of sp³-hybridized carbons (Fsp3) is 1.00. The molecular weight excluding hydrogens is 176 g/mol. The standard InChI is InChI=1S/2C6H14O/c1-4-7-5-6(2)3;1-3-5-7-6-4-2/h6H,4-5H2,1-3H3;3-6H2,1-2H3. The van der Waals surface area contributed by atoms with Crippen LogP contribution in [0.5, 0.6) is 0 Å². The second kappa shape index (κ2) is 15.4. The average molecular weight is 204 g/mol. The molecule has 0 aromatic heterocycles. The molecular formula is C12H28O2. The molecule has 0 bridgehead atoms. The fourth-order valence-corrected chi connectivity index (χ4v) is 0.744. The van der Waals surface area contributed by atoms with Crippen molar-refractivity contribution in [1.29, 1.82) is 0 Å². The van der Waals surface area contributed by atoms with Crippen LogP contribution >= 0.6 is 0 Å². The van der Waals surface area contributed by atoms with E-state index in [1.165, 1.54) is 0 Å². The highest BCUT2D eigenvalue weighted by Gasteiger charge is 1.88. The Kier molecular flexibility index (Phi) is 18.0. The predicted octanol–water partition coefficient (Wildman–Crippen LogP) is 3.50. The first-order valence-corrected chi connectivity index (χ1v) is 5.84. The molecule has 0 heterocycles. The zero-order chi connectivity index (χ0) is 11.2. The molecule has 0 atom stereocenters. The predicted molar refractivity (Wildman–Crippen MR) is 62.7 cm³/mol. The molecule has 0 saturated heterocycles. The van der Waals surface area contributed by atoms with Gasteiger partial charge in [-0.05, 0) is 25.7 Å². The van der Waals surface area contributed by atoms with E-state index in [1.54, 1.807) is 0 Å². The number of hydrogen-bond acceptors (Lipinski definition) is 2. The third kappa shape index (κ3) is 22.7. The van der Waals surface area contributed by atoms with Crippen LogP contribution in [-0.2, 0) is 9.47 Å². The van der Waals surface area contributed by atoms with E-state index in [9.17, 15) is 0 Å². The Morgan fingerprint density at radius 3 is 1.57 bits per heavy atom. The molecule has 0 radical (unpaired) electrons. The summed E-state index contributed by atoms with van der Waals surface area (Å²) in [5.41, 5.74) is 0. The van der Waals surface area contributed by atoms with Gasteiger partial charge >= 0.3 is 0 Å². The molecule has 0 aliphatic rings. The molecule has 0 aromatic carbocycles. The maximum Gasteiger partial charge on any atom is 0.0488 e. The van der Waals surface area contributed by atoms with E-state index in [4.69, 9.17) is 9.47 Å². The molecule has 0 N–H and O–H groups in total. The minimum Gasteiger partial charge on any atom is -0.381 e. The molecule has 2 heteroatoms. The summed E-state index contributed by atoms with van der Waals surface area (Å²) >= 11 is 0. The van der Waals surface area contributed by atoms with Gasteiger partial charge in [-0.25, -0.2) is 0 Å². The topological polar surface area (TPSA) is 18.5 Å².